The predicted molar refractivity (Wildman–Crippen MR) is 124 cm³/mol. The van der Waals surface area contributed by atoms with Crippen LogP contribution >= 0.6 is 27.3 Å². The molecule has 5 rings (SSSR count). The molecule has 2 amide bonds. The van der Waals surface area contributed by atoms with Gasteiger partial charge in [-0.25, -0.2) is 19.0 Å². The third-order valence-electron chi connectivity index (χ3n) is 5.95. The average Bonchev–Trinajstić information content (AvgIpc) is 3.43. The fourth-order valence-corrected chi connectivity index (χ4v) is 5.56. The number of thiazole rings is 1. The maximum Gasteiger partial charge on any atom is 0.335 e. The SMILES string of the molecule is O=C(O)C1=C(CN2CCN3C(=O)NC[C@H]3C2)NC(c2nccs2)=N[C@H]1c1ccc(F)cc1Br. The Kier molecular flexibility index (Phi) is 5.89. The van der Waals surface area contributed by atoms with E-state index in [4.69, 9.17) is 0 Å². The number of benzene rings is 1. The van der Waals surface area contributed by atoms with Crippen LogP contribution < -0.4 is 10.6 Å². The molecule has 0 bridgehead atoms. The molecule has 4 heterocycles. The first-order chi connectivity index (χ1) is 15.9. The van der Waals surface area contributed by atoms with Crippen molar-refractivity contribution in [2.24, 2.45) is 4.99 Å². The highest BCUT2D eigenvalue weighted by Crippen LogP contribution is 2.36. The van der Waals surface area contributed by atoms with Crippen LogP contribution in [-0.2, 0) is 4.79 Å². The second-order valence-corrected chi connectivity index (χ2v) is 9.72. The smallest absolute Gasteiger partial charge is 0.335 e. The van der Waals surface area contributed by atoms with E-state index in [2.05, 4.69) is 41.4 Å². The lowest BCUT2D eigenvalue weighted by molar-refractivity contribution is -0.133. The lowest BCUT2D eigenvalue weighted by Gasteiger charge is -2.38. The van der Waals surface area contributed by atoms with Crippen molar-refractivity contribution in [1.29, 1.82) is 0 Å². The first-order valence-electron chi connectivity index (χ1n) is 10.3. The van der Waals surface area contributed by atoms with Gasteiger partial charge in [-0.15, -0.1) is 11.3 Å². The van der Waals surface area contributed by atoms with Crippen molar-refractivity contribution in [3.8, 4) is 0 Å². The number of halogens is 2. The van der Waals surface area contributed by atoms with Crippen molar-refractivity contribution in [3.05, 3.63) is 61.9 Å². The molecule has 3 aliphatic heterocycles. The van der Waals surface area contributed by atoms with Crippen LogP contribution in [0.15, 0.2) is 50.5 Å². The maximum absolute atomic E-state index is 13.7. The van der Waals surface area contributed by atoms with E-state index in [0.717, 1.165) is 0 Å². The van der Waals surface area contributed by atoms with Gasteiger partial charge in [0.05, 0.1) is 11.6 Å². The number of amides is 2. The van der Waals surface area contributed by atoms with Gasteiger partial charge in [0.15, 0.2) is 10.8 Å². The fourth-order valence-electron chi connectivity index (χ4n) is 4.40. The molecule has 3 N–H and O–H groups in total. The lowest BCUT2D eigenvalue weighted by atomic mass is 9.95. The van der Waals surface area contributed by atoms with Gasteiger partial charge in [0.2, 0.25) is 0 Å². The molecule has 2 aromatic rings. The van der Waals surface area contributed by atoms with E-state index in [-0.39, 0.29) is 17.6 Å². The number of aliphatic imine (C=N–C) groups is 1. The summed E-state index contributed by atoms with van der Waals surface area (Å²) in [4.78, 5) is 37.3. The molecule has 3 aliphatic rings. The summed E-state index contributed by atoms with van der Waals surface area (Å²) in [5, 5.41) is 18.7. The molecule has 0 unspecified atom stereocenters. The molecule has 0 radical (unpaired) electrons. The predicted octanol–water partition coefficient (Wildman–Crippen LogP) is 2.18. The Morgan fingerprint density at radius 1 is 1.36 bits per heavy atom. The zero-order valence-corrected chi connectivity index (χ0v) is 19.7. The van der Waals surface area contributed by atoms with Crippen LogP contribution in [0.1, 0.15) is 16.6 Å². The summed E-state index contributed by atoms with van der Waals surface area (Å²) in [7, 11) is 0. The molecule has 172 valence electrons. The summed E-state index contributed by atoms with van der Waals surface area (Å²) in [6.45, 7) is 2.75. The normalized spacial score (nSPS) is 23.2. The summed E-state index contributed by atoms with van der Waals surface area (Å²) < 4.78 is 14.2. The Morgan fingerprint density at radius 3 is 2.94 bits per heavy atom. The number of rotatable bonds is 5. The fraction of sp³-hybridized carbons (Fsp3) is 0.333. The summed E-state index contributed by atoms with van der Waals surface area (Å²) in [6.07, 6.45) is 1.66. The number of carbonyl (C=O) groups excluding carboxylic acids is 1. The van der Waals surface area contributed by atoms with Crippen LogP contribution in [0.25, 0.3) is 0 Å². The van der Waals surface area contributed by atoms with Gasteiger partial charge in [-0.1, -0.05) is 22.0 Å². The standard InChI is InChI=1S/C21H20BrFN6O3S/c22-14-7-11(23)1-2-13(14)17-16(20(30)31)15(26-18(27-17)19-24-3-6-33-19)10-28-4-5-29-12(9-28)8-25-21(29)32/h1-3,6-7,12,17H,4-5,8-10H2,(H,25,32)(H,26,27)(H,30,31)/t12-,17-/m0/s1. The molecule has 2 atom stereocenters. The maximum atomic E-state index is 13.7. The molecule has 0 aliphatic carbocycles. The molecule has 2 saturated heterocycles. The van der Waals surface area contributed by atoms with Crippen LogP contribution in [0.3, 0.4) is 0 Å². The number of fused-ring (bicyclic) bond motifs is 1. The molecule has 1 aromatic carbocycles. The Labute approximate surface area is 201 Å². The number of piperazine rings is 1. The number of hydrogen-bond donors (Lipinski definition) is 3. The molecule has 0 saturated carbocycles. The molecular weight excluding hydrogens is 515 g/mol. The molecular formula is C21H20BrFN6O3S. The van der Waals surface area contributed by atoms with Crippen molar-refractivity contribution in [1.82, 2.24) is 25.4 Å². The molecule has 33 heavy (non-hydrogen) atoms. The molecule has 12 heteroatoms. The van der Waals surface area contributed by atoms with Crippen LogP contribution in [0.2, 0.25) is 0 Å². The molecule has 1 aromatic heterocycles. The van der Waals surface area contributed by atoms with E-state index in [0.29, 0.717) is 59.3 Å². The minimum absolute atomic E-state index is 0.0536. The second-order valence-electron chi connectivity index (χ2n) is 7.97. The number of aliphatic carboxylic acids is 1. The van der Waals surface area contributed by atoms with Gasteiger partial charge in [-0.05, 0) is 17.7 Å². The third kappa shape index (κ3) is 4.25. The van der Waals surface area contributed by atoms with E-state index >= 15 is 0 Å². The Balaban J connectivity index is 1.52. The Morgan fingerprint density at radius 2 is 2.21 bits per heavy atom. The first kappa shape index (κ1) is 22.0. The van der Waals surface area contributed by atoms with Crippen LogP contribution in [-0.4, -0.2) is 76.5 Å². The Hall–Kier alpha value is -2.83. The van der Waals surface area contributed by atoms with E-state index in [1.54, 1.807) is 12.3 Å². The highest BCUT2D eigenvalue weighted by Gasteiger charge is 2.38. The van der Waals surface area contributed by atoms with Crippen molar-refractivity contribution >= 4 is 45.1 Å². The van der Waals surface area contributed by atoms with Gasteiger partial charge in [-0.2, -0.15) is 0 Å². The summed E-state index contributed by atoms with van der Waals surface area (Å²) in [6, 6.07) is 3.30. The van der Waals surface area contributed by atoms with Gasteiger partial charge < -0.3 is 20.6 Å². The number of carbonyl (C=O) groups is 2. The number of amidine groups is 1. The molecule has 9 nitrogen and oxygen atoms in total. The van der Waals surface area contributed by atoms with E-state index in [1.165, 1.54) is 23.5 Å². The number of nitrogens with zero attached hydrogens (tertiary/aromatic N) is 4. The summed E-state index contributed by atoms with van der Waals surface area (Å²) in [5.74, 6) is -1.05. The number of urea groups is 1. The highest BCUT2D eigenvalue weighted by molar-refractivity contribution is 9.10. The number of carboxylic acid groups (broad SMARTS) is 1. The second kappa shape index (κ2) is 8.84. The van der Waals surface area contributed by atoms with E-state index in [1.807, 2.05) is 10.3 Å². The third-order valence-corrected chi connectivity index (χ3v) is 7.41. The highest BCUT2D eigenvalue weighted by atomic mass is 79.9. The zero-order valence-electron chi connectivity index (χ0n) is 17.3. The minimum Gasteiger partial charge on any atom is -0.478 e. The van der Waals surface area contributed by atoms with Gasteiger partial charge in [0.1, 0.15) is 11.9 Å². The van der Waals surface area contributed by atoms with Crippen LogP contribution in [0.4, 0.5) is 9.18 Å². The van der Waals surface area contributed by atoms with Crippen molar-refractivity contribution in [3.63, 3.8) is 0 Å². The molecule has 2 fully saturated rings. The number of nitrogens with one attached hydrogen (secondary N) is 2. The topological polar surface area (TPSA) is 110 Å². The lowest BCUT2D eigenvalue weighted by Crippen LogP contribution is -2.53. The van der Waals surface area contributed by atoms with E-state index in [9.17, 15) is 19.1 Å². The first-order valence-corrected chi connectivity index (χ1v) is 12.0. The number of carboxylic acids is 1. The van der Waals surface area contributed by atoms with Gasteiger partial charge in [-0.3, -0.25) is 9.89 Å². The zero-order chi connectivity index (χ0) is 23.1. The van der Waals surface area contributed by atoms with Crippen LogP contribution in [0, 0.1) is 5.82 Å². The summed E-state index contributed by atoms with van der Waals surface area (Å²) in [5.41, 5.74) is 1.16. The monoisotopic (exact) mass is 534 g/mol. The average molecular weight is 535 g/mol. The Bertz CT molecular complexity index is 1170. The quantitative estimate of drug-likeness (QED) is 0.542. The van der Waals surface area contributed by atoms with Gasteiger partial charge >= 0.3 is 12.0 Å². The number of aromatic nitrogens is 1. The van der Waals surface area contributed by atoms with Crippen molar-refractivity contribution < 1.29 is 19.1 Å². The van der Waals surface area contributed by atoms with Crippen LogP contribution in [0.5, 0.6) is 0 Å². The van der Waals surface area contributed by atoms with Crippen molar-refractivity contribution in [2.75, 3.05) is 32.7 Å². The van der Waals surface area contributed by atoms with E-state index < -0.39 is 17.8 Å². The largest absolute Gasteiger partial charge is 0.478 e. The van der Waals surface area contributed by atoms with Gasteiger partial charge in [0.25, 0.3) is 0 Å². The van der Waals surface area contributed by atoms with Gasteiger partial charge in [0, 0.05) is 54.5 Å². The minimum atomic E-state index is -1.10. The molecule has 0 spiro atoms. The summed E-state index contributed by atoms with van der Waals surface area (Å²) >= 11 is 4.76. The van der Waals surface area contributed by atoms with Crippen molar-refractivity contribution in [2.45, 2.75) is 12.1 Å². The number of hydrogen-bond acceptors (Lipinski definition) is 7.